The molecule has 0 bridgehead atoms. The number of aromatic nitrogens is 2. The number of amidine groups is 1. The zero-order valence-electron chi connectivity index (χ0n) is 21.4. The van der Waals surface area contributed by atoms with Crippen LogP contribution in [0.4, 0.5) is 4.39 Å². The Kier molecular flexibility index (Phi) is 9.66. The van der Waals surface area contributed by atoms with Crippen molar-refractivity contribution in [2.45, 2.75) is 44.4 Å². The first kappa shape index (κ1) is 28.1. The van der Waals surface area contributed by atoms with Gasteiger partial charge in [-0.1, -0.05) is 60.7 Å². The Morgan fingerprint density at radius 3 is 2.38 bits per heavy atom. The minimum absolute atomic E-state index is 0.194. The predicted octanol–water partition coefficient (Wildman–Crippen LogP) is 3.66. The molecule has 3 aromatic rings. The van der Waals surface area contributed by atoms with Crippen molar-refractivity contribution in [2.75, 3.05) is 19.6 Å². The molecule has 0 aliphatic rings. The average Bonchev–Trinajstić information content (AvgIpc) is 3.26. The zero-order valence-corrected chi connectivity index (χ0v) is 22.2. The molecule has 0 aliphatic carbocycles. The monoisotopic (exact) mass is 527 g/mol. The molecule has 3 rings (SSSR count). The Balaban J connectivity index is 2.13. The third-order valence-electron chi connectivity index (χ3n) is 5.74. The van der Waals surface area contributed by atoms with Crippen molar-refractivity contribution >= 4 is 23.3 Å². The molecule has 2 atom stereocenters. The predicted molar refractivity (Wildman–Crippen MR) is 147 cm³/mol. The van der Waals surface area contributed by atoms with Gasteiger partial charge in [0.2, 0.25) is 5.91 Å². The van der Waals surface area contributed by atoms with Gasteiger partial charge in [0, 0.05) is 24.8 Å². The fourth-order valence-corrected chi connectivity index (χ4v) is 4.31. The quantitative estimate of drug-likeness (QED) is 0.144. The highest BCUT2D eigenvalue weighted by molar-refractivity contribution is 6.24. The molecule has 10 heteroatoms. The standard InChI is InChI=1S/C27H35ClFN7O/c1-19(31)34-32-15-24(37)36(17-22(29)14-30)25(27(2,3)28)26-33-23(21-12-8-5-9-13-21)18-35(26)16-20-10-6-4-7-11-20/h4-13,18,22,25,32H,14-17,30H2,1-3H3,(H2,31,34)/t22-,25+/m1/s1. The van der Waals surface area contributed by atoms with Crippen molar-refractivity contribution in [1.29, 1.82) is 0 Å². The van der Waals surface area contributed by atoms with Gasteiger partial charge in [-0.25, -0.2) is 9.37 Å². The smallest absolute Gasteiger partial charge is 0.244 e. The first-order valence-electron chi connectivity index (χ1n) is 12.1. The van der Waals surface area contributed by atoms with Gasteiger partial charge in [0.1, 0.15) is 30.4 Å². The van der Waals surface area contributed by atoms with E-state index >= 15 is 0 Å². The Bertz CT molecular complexity index is 1170. The van der Waals surface area contributed by atoms with E-state index in [9.17, 15) is 9.18 Å². The Morgan fingerprint density at radius 2 is 1.81 bits per heavy atom. The van der Waals surface area contributed by atoms with Crippen molar-refractivity contribution < 1.29 is 9.18 Å². The fraction of sp³-hybridized carbons (Fsp3) is 0.370. The van der Waals surface area contributed by atoms with E-state index in [1.165, 1.54) is 4.90 Å². The van der Waals surface area contributed by atoms with E-state index < -0.39 is 23.0 Å². The number of nitrogens with zero attached hydrogens (tertiary/aromatic N) is 4. The van der Waals surface area contributed by atoms with Crippen LogP contribution in [0.5, 0.6) is 0 Å². The molecule has 8 nitrogen and oxygen atoms in total. The van der Waals surface area contributed by atoms with E-state index in [2.05, 4.69) is 10.5 Å². The zero-order chi connectivity index (χ0) is 27.0. The minimum atomic E-state index is -1.45. The molecule has 0 saturated heterocycles. The van der Waals surface area contributed by atoms with Gasteiger partial charge in [-0.15, -0.1) is 11.6 Å². The maximum Gasteiger partial charge on any atom is 0.244 e. The van der Waals surface area contributed by atoms with Crippen molar-refractivity contribution in [2.24, 2.45) is 16.6 Å². The molecule has 1 heterocycles. The number of alkyl halides is 2. The van der Waals surface area contributed by atoms with E-state index in [1.807, 2.05) is 71.4 Å². The molecule has 0 saturated carbocycles. The summed E-state index contributed by atoms with van der Waals surface area (Å²) in [5.41, 5.74) is 16.5. The Hall–Kier alpha value is -3.43. The number of hydrogen-bond donors (Lipinski definition) is 3. The molecule has 37 heavy (non-hydrogen) atoms. The van der Waals surface area contributed by atoms with E-state index in [0.717, 1.165) is 16.8 Å². The first-order valence-corrected chi connectivity index (χ1v) is 12.5. The van der Waals surface area contributed by atoms with E-state index in [0.29, 0.717) is 12.4 Å². The van der Waals surface area contributed by atoms with Gasteiger partial charge in [-0.2, -0.15) is 5.10 Å². The minimum Gasteiger partial charge on any atom is -0.386 e. The molecule has 1 amide bonds. The normalized spacial score (nSPS) is 13.7. The lowest BCUT2D eigenvalue weighted by molar-refractivity contribution is -0.134. The number of carbonyl (C=O) groups excluding carboxylic acids is 1. The van der Waals surface area contributed by atoms with Crippen LogP contribution in [0.1, 0.15) is 38.2 Å². The van der Waals surface area contributed by atoms with E-state index in [1.54, 1.807) is 20.8 Å². The molecular weight excluding hydrogens is 493 g/mol. The van der Waals surface area contributed by atoms with Crippen LogP contribution in [0, 0.1) is 0 Å². The van der Waals surface area contributed by atoms with Crippen molar-refractivity contribution in [3.8, 4) is 11.3 Å². The topological polar surface area (TPSA) is 115 Å². The van der Waals surface area contributed by atoms with Crippen molar-refractivity contribution in [3.05, 3.63) is 78.2 Å². The lowest BCUT2D eigenvalue weighted by Gasteiger charge is -2.39. The number of carbonyl (C=O) groups is 1. The first-order chi connectivity index (χ1) is 17.6. The van der Waals surface area contributed by atoms with Gasteiger partial charge in [-0.05, 0) is 26.3 Å². The highest BCUT2D eigenvalue weighted by Gasteiger charge is 2.40. The number of hydrazone groups is 1. The lowest BCUT2D eigenvalue weighted by atomic mass is 9.99. The van der Waals surface area contributed by atoms with Gasteiger partial charge in [0.15, 0.2) is 0 Å². The summed E-state index contributed by atoms with van der Waals surface area (Å²) in [6.45, 7) is 4.98. The number of rotatable bonds is 12. The summed E-state index contributed by atoms with van der Waals surface area (Å²) >= 11 is 6.95. The second kappa shape index (κ2) is 12.7. The van der Waals surface area contributed by atoms with E-state index in [4.69, 9.17) is 28.1 Å². The number of hydrogen-bond acceptors (Lipinski definition) is 5. The molecule has 0 spiro atoms. The second-order valence-corrected chi connectivity index (χ2v) is 10.4. The molecule has 0 unspecified atom stereocenters. The number of halogens is 2. The van der Waals surface area contributed by atoms with Gasteiger partial charge < -0.3 is 20.9 Å². The molecule has 198 valence electrons. The van der Waals surface area contributed by atoms with Crippen LogP contribution < -0.4 is 16.9 Å². The van der Waals surface area contributed by atoms with Crippen molar-refractivity contribution in [1.82, 2.24) is 19.9 Å². The van der Waals surface area contributed by atoms with Crippen LogP contribution in [-0.4, -0.2) is 56.9 Å². The van der Waals surface area contributed by atoms with Crippen LogP contribution in [0.2, 0.25) is 0 Å². The number of amides is 1. The third-order valence-corrected chi connectivity index (χ3v) is 5.94. The lowest BCUT2D eigenvalue weighted by Crippen LogP contribution is -2.50. The molecule has 0 radical (unpaired) electrons. The molecule has 2 aromatic carbocycles. The Labute approximate surface area is 222 Å². The summed E-state index contributed by atoms with van der Waals surface area (Å²) in [5.74, 6) is 0.402. The summed E-state index contributed by atoms with van der Waals surface area (Å²) < 4.78 is 16.7. The SMILES string of the molecule is C/C(N)=N/NCC(=O)N(C[C@H](F)CN)[C@@H](c1nc(-c2ccccc2)cn1Cc1ccccc1)C(C)(C)Cl. The second-order valence-electron chi connectivity index (χ2n) is 9.40. The van der Waals surface area contributed by atoms with Crippen LogP contribution in [0.25, 0.3) is 11.3 Å². The summed E-state index contributed by atoms with van der Waals surface area (Å²) in [5, 5.41) is 3.88. The summed E-state index contributed by atoms with van der Waals surface area (Å²) in [4.78, 5) is 18.8. The average molecular weight is 528 g/mol. The largest absolute Gasteiger partial charge is 0.386 e. The van der Waals surface area contributed by atoms with Gasteiger partial charge in [-0.3, -0.25) is 10.2 Å². The van der Waals surface area contributed by atoms with Gasteiger partial charge >= 0.3 is 0 Å². The van der Waals surface area contributed by atoms with Crippen LogP contribution in [0.15, 0.2) is 72.0 Å². The van der Waals surface area contributed by atoms with Crippen molar-refractivity contribution in [3.63, 3.8) is 0 Å². The third kappa shape index (κ3) is 7.77. The van der Waals surface area contributed by atoms with E-state index in [-0.39, 0.29) is 25.5 Å². The molecule has 0 fully saturated rings. The molecule has 1 aromatic heterocycles. The summed E-state index contributed by atoms with van der Waals surface area (Å²) in [6.07, 6.45) is 0.489. The number of benzene rings is 2. The van der Waals surface area contributed by atoms with Gasteiger partial charge in [0.05, 0.1) is 17.1 Å². The number of nitrogens with one attached hydrogen (secondary N) is 1. The van der Waals surface area contributed by atoms with Gasteiger partial charge in [0.25, 0.3) is 0 Å². The summed E-state index contributed by atoms with van der Waals surface area (Å²) in [7, 11) is 0. The maximum atomic E-state index is 14.7. The summed E-state index contributed by atoms with van der Waals surface area (Å²) in [6, 6.07) is 18.9. The Morgan fingerprint density at radius 1 is 1.19 bits per heavy atom. The maximum absolute atomic E-state index is 14.7. The highest BCUT2D eigenvalue weighted by atomic mass is 35.5. The van der Waals surface area contributed by atoms with Crippen LogP contribution in [0.3, 0.4) is 0 Å². The number of imidazole rings is 1. The molecular formula is C27H35ClFN7O. The highest BCUT2D eigenvalue weighted by Crippen LogP contribution is 2.38. The van der Waals surface area contributed by atoms with Crippen LogP contribution in [-0.2, 0) is 11.3 Å². The molecule has 0 aliphatic heterocycles. The van der Waals surface area contributed by atoms with Crippen LogP contribution >= 0.6 is 11.6 Å². The number of nitrogens with two attached hydrogens (primary N) is 2. The molecule has 5 N–H and O–H groups in total. The fourth-order valence-electron chi connectivity index (χ4n) is 4.09.